The highest BCUT2D eigenvalue weighted by Crippen LogP contribution is 2.21. The number of rotatable bonds is 6. The Morgan fingerprint density at radius 3 is 2.56 bits per heavy atom. The second-order valence-electron chi connectivity index (χ2n) is 5.85. The number of ether oxygens (including phenoxy) is 1. The first-order valence-corrected chi connectivity index (χ1v) is 8.25. The number of hydrogen-bond donors (Lipinski definition) is 0. The standard InChI is InChI=1S/C18H19FN2O4/c19-14-6-4-13(5-7-14)17-12-15(20-25-17)16(22)2-1-3-18(23)21-8-10-24-11-9-21/h4-7,12H,1-3,8-11H2. The fourth-order valence-electron chi connectivity index (χ4n) is 2.66. The molecule has 1 aromatic heterocycles. The van der Waals surface area contributed by atoms with Crippen LogP contribution in [0.2, 0.25) is 0 Å². The molecular weight excluding hydrogens is 327 g/mol. The maximum absolute atomic E-state index is 12.9. The molecule has 1 amide bonds. The molecular formula is C18H19FN2O4. The van der Waals surface area contributed by atoms with Crippen molar-refractivity contribution in [1.82, 2.24) is 10.1 Å². The molecule has 0 aliphatic carbocycles. The van der Waals surface area contributed by atoms with Crippen molar-refractivity contribution in [2.75, 3.05) is 26.3 Å². The van der Waals surface area contributed by atoms with E-state index >= 15 is 0 Å². The molecule has 0 N–H and O–H groups in total. The van der Waals surface area contributed by atoms with Gasteiger partial charge in [0.05, 0.1) is 13.2 Å². The topological polar surface area (TPSA) is 72.6 Å². The van der Waals surface area contributed by atoms with Crippen LogP contribution < -0.4 is 0 Å². The predicted molar refractivity (Wildman–Crippen MR) is 87.5 cm³/mol. The Morgan fingerprint density at radius 2 is 1.84 bits per heavy atom. The van der Waals surface area contributed by atoms with E-state index in [9.17, 15) is 14.0 Å². The summed E-state index contributed by atoms with van der Waals surface area (Å²) in [7, 11) is 0. The van der Waals surface area contributed by atoms with Gasteiger partial charge in [-0.05, 0) is 30.7 Å². The van der Waals surface area contributed by atoms with Gasteiger partial charge in [0, 0.05) is 37.6 Å². The molecule has 0 saturated carbocycles. The summed E-state index contributed by atoms with van der Waals surface area (Å²) in [5.74, 6) is -0.0626. The van der Waals surface area contributed by atoms with E-state index in [0.717, 1.165) is 0 Å². The van der Waals surface area contributed by atoms with Crippen LogP contribution in [0.1, 0.15) is 29.8 Å². The zero-order valence-electron chi connectivity index (χ0n) is 13.7. The smallest absolute Gasteiger partial charge is 0.222 e. The molecule has 0 radical (unpaired) electrons. The van der Waals surface area contributed by atoms with Gasteiger partial charge in [-0.15, -0.1) is 0 Å². The first-order chi connectivity index (χ1) is 12.1. The summed E-state index contributed by atoms with van der Waals surface area (Å²) < 4.78 is 23.3. The molecule has 2 heterocycles. The zero-order valence-corrected chi connectivity index (χ0v) is 13.7. The van der Waals surface area contributed by atoms with E-state index in [0.29, 0.717) is 50.5 Å². The Hall–Kier alpha value is -2.54. The van der Waals surface area contributed by atoms with Crippen molar-refractivity contribution in [3.05, 3.63) is 41.8 Å². The fraction of sp³-hybridized carbons (Fsp3) is 0.389. The number of carbonyl (C=O) groups is 2. The number of Topliss-reactive ketones (excluding diaryl/α,β-unsaturated/α-hetero) is 1. The summed E-state index contributed by atoms with van der Waals surface area (Å²) in [6.07, 6.45) is 1.02. The number of benzene rings is 1. The lowest BCUT2D eigenvalue weighted by atomic mass is 10.1. The highest BCUT2D eigenvalue weighted by molar-refractivity contribution is 5.95. The normalized spacial score (nSPS) is 14.5. The third-order valence-corrected chi connectivity index (χ3v) is 4.08. The Balaban J connectivity index is 1.50. The van der Waals surface area contributed by atoms with Gasteiger partial charge in [0.1, 0.15) is 11.5 Å². The molecule has 0 spiro atoms. The van der Waals surface area contributed by atoms with Gasteiger partial charge >= 0.3 is 0 Å². The van der Waals surface area contributed by atoms with Crippen molar-refractivity contribution >= 4 is 11.7 Å². The molecule has 1 aromatic carbocycles. The number of carbonyl (C=O) groups excluding carboxylic acids is 2. The number of hydrogen-bond acceptors (Lipinski definition) is 5. The summed E-state index contributed by atoms with van der Waals surface area (Å²) in [5, 5.41) is 3.77. The number of aromatic nitrogens is 1. The van der Waals surface area contributed by atoms with E-state index in [1.54, 1.807) is 23.1 Å². The van der Waals surface area contributed by atoms with Crippen LogP contribution in [0, 0.1) is 5.82 Å². The Labute approximate surface area is 144 Å². The van der Waals surface area contributed by atoms with E-state index in [1.807, 2.05) is 0 Å². The lowest BCUT2D eigenvalue weighted by molar-refractivity contribution is -0.135. The highest BCUT2D eigenvalue weighted by atomic mass is 19.1. The van der Waals surface area contributed by atoms with Crippen molar-refractivity contribution in [2.24, 2.45) is 0 Å². The SMILES string of the molecule is O=C(CCCC(=O)N1CCOCC1)c1cc(-c2ccc(F)cc2)on1. The average Bonchev–Trinajstić information content (AvgIpc) is 3.13. The first-order valence-electron chi connectivity index (χ1n) is 8.25. The molecule has 1 aliphatic heterocycles. The van der Waals surface area contributed by atoms with Crippen LogP contribution in [-0.2, 0) is 9.53 Å². The molecule has 0 bridgehead atoms. The van der Waals surface area contributed by atoms with Gasteiger partial charge in [-0.2, -0.15) is 0 Å². The lowest BCUT2D eigenvalue weighted by Gasteiger charge is -2.26. The van der Waals surface area contributed by atoms with Crippen molar-refractivity contribution in [1.29, 1.82) is 0 Å². The monoisotopic (exact) mass is 346 g/mol. The number of nitrogens with zero attached hydrogens (tertiary/aromatic N) is 2. The van der Waals surface area contributed by atoms with Crippen LogP contribution in [-0.4, -0.2) is 48.1 Å². The van der Waals surface area contributed by atoms with Gasteiger partial charge in [-0.3, -0.25) is 9.59 Å². The largest absolute Gasteiger partial charge is 0.378 e. The van der Waals surface area contributed by atoms with Gasteiger partial charge < -0.3 is 14.2 Å². The summed E-state index contributed by atoms with van der Waals surface area (Å²) in [6, 6.07) is 7.29. The minimum Gasteiger partial charge on any atom is -0.378 e. The molecule has 2 aromatic rings. The molecule has 0 atom stereocenters. The molecule has 3 rings (SSSR count). The van der Waals surface area contributed by atoms with Gasteiger partial charge in [0.15, 0.2) is 11.5 Å². The maximum atomic E-state index is 12.9. The van der Waals surface area contributed by atoms with Crippen LogP contribution in [0.4, 0.5) is 4.39 Å². The van der Waals surface area contributed by atoms with Crippen molar-refractivity contribution in [2.45, 2.75) is 19.3 Å². The minimum atomic E-state index is -0.343. The lowest BCUT2D eigenvalue weighted by Crippen LogP contribution is -2.40. The van der Waals surface area contributed by atoms with Crippen LogP contribution in [0.25, 0.3) is 11.3 Å². The summed E-state index contributed by atoms with van der Waals surface area (Å²) in [4.78, 5) is 26.0. The number of morpholine rings is 1. The van der Waals surface area contributed by atoms with Crippen molar-refractivity contribution < 1.29 is 23.2 Å². The Kier molecular flexibility index (Phi) is 5.55. The third kappa shape index (κ3) is 4.51. The van der Waals surface area contributed by atoms with E-state index < -0.39 is 0 Å². The van der Waals surface area contributed by atoms with Gasteiger partial charge in [-0.1, -0.05) is 5.16 Å². The second-order valence-corrected chi connectivity index (χ2v) is 5.85. The van der Waals surface area contributed by atoms with Gasteiger partial charge in [-0.25, -0.2) is 4.39 Å². The van der Waals surface area contributed by atoms with Crippen LogP contribution in [0.3, 0.4) is 0 Å². The minimum absolute atomic E-state index is 0.0447. The van der Waals surface area contributed by atoms with Crippen LogP contribution >= 0.6 is 0 Å². The van der Waals surface area contributed by atoms with Gasteiger partial charge in [0.25, 0.3) is 0 Å². The molecule has 7 heteroatoms. The first kappa shape index (κ1) is 17.3. The van der Waals surface area contributed by atoms with E-state index in [2.05, 4.69) is 5.16 Å². The third-order valence-electron chi connectivity index (χ3n) is 4.08. The number of ketones is 1. The predicted octanol–water partition coefficient (Wildman–Crippen LogP) is 2.69. The number of halogens is 1. The summed E-state index contributed by atoms with van der Waals surface area (Å²) >= 11 is 0. The van der Waals surface area contributed by atoms with E-state index in [4.69, 9.17) is 9.26 Å². The van der Waals surface area contributed by atoms with Crippen molar-refractivity contribution in [3.8, 4) is 11.3 Å². The molecule has 25 heavy (non-hydrogen) atoms. The van der Waals surface area contributed by atoms with Crippen LogP contribution in [0.15, 0.2) is 34.9 Å². The summed E-state index contributed by atoms with van der Waals surface area (Å²) in [5.41, 5.74) is 0.869. The molecule has 1 fully saturated rings. The van der Waals surface area contributed by atoms with Gasteiger partial charge in [0.2, 0.25) is 5.91 Å². The number of amides is 1. The Bertz CT molecular complexity index is 736. The molecule has 6 nitrogen and oxygen atoms in total. The van der Waals surface area contributed by atoms with E-state index in [1.165, 1.54) is 12.1 Å². The maximum Gasteiger partial charge on any atom is 0.222 e. The van der Waals surface area contributed by atoms with Crippen LogP contribution in [0.5, 0.6) is 0 Å². The second kappa shape index (κ2) is 8.02. The molecule has 1 saturated heterocycles. The average molecular weight is 346 g/mol. The summed E-state index contributed by atoms with van der Waals surface area (Å²) in [6.45, 7) is 2.35. The fourth-order valence-corrected chi connectivity index (χ4v) is 2.66. The molecule has 132 valence electrons. The molecule has 0 unspecified atom stereocenters. The van der Waals surface area contributed by atoms with Crippen molar-refractivity contribution in [3.63, 3.8) is 0 Å². The molecule has 1 aliphatic rings. The quantitative estimate of drug-likeness (QED) is 0.752. The highest BCUT2D eigenvalue weighted by Gasteiger charge is 2.18. The Morgan fingerprint density at radius 1 is 1.12 bits per heavy atom. The zero-order chi connectivity index (χ0) is 17.6. The van der Waals surface area contributed by atoms with E-state index in [-0.39, 0.29) is 29.6 Å².